The Morgan fingerprint density at radius 2 is 2.13 bits per heavy atom. The molecule has 1 rings (SSSR count). The zero-order valence-electron chi connectivity index (χ0n) is 13.6. The summed E-state index contributed by atoms with van der Waals surface area (Å²) in [5, 5.41) is 9.08. The average Bonchev–Trinajstić information content (AvgIpc) is 2.49. The van der Waals surface area contributed by atoms with Gasteiger partial charge in [-0.3, -0.25) is 9.59 Å². The number of ether oxygens (including phenoxy) is 1. The Kier molecular flexibility index (Phi) is 8.87. The Labute approximate surface area is 145 Å². The van der Waals surface area contributed by atoms with Crippen molar-refractivity contribution in [3.05, 3.63) is 34.3 Å². The molecule has 0 bridgehead atoms. The Bertz CT molecular complexity index is 521. The molecule has 128 valence electrons. The van der Waals surface area contributed by atoms with Crippen LogP contribution in [-0.4, -0.2) is 48.2 Å². The number of hydrogen-bond acceptors (Lipinski definition) is 3. The summed E-state index contributed by atoms with van der Waals surface area (Å²) in [4.78, 5) is 25.2. The number of carbonyl (C=O) groups is 2. The van der Waals surface area contributed by atoms with Gasteiger partial charge in [-0.2, -0.15) is 0 Å². The molecule has 0 fully saturated rings. The van der Waals surface area contributed by atoms with Gasteiger partial charge in [-0.25, -0.2) is 0 Å². The second-order valence-electron chi connectivity index (χ2n) is 5.44. The van der Waals surface area contributed by atoms with Crippen LogP contribution in [0.3, 0.4) is 0 Å². The number of carboxylic acids is 1. The Balaban J connectivity index is 2.68. The Morgan fingerprint density at radius 3 is 2.74 bits per heavy atom. The second-order valence-corrected chi connectivity index (χ2v) is 6.35. The van der Waals surface area contributed by atoms with Gasteiger partial charge in [0.2, 0.25) is 5.91 Å². The third kappa shape index (κ3) is 7.61. The highest BCUT2D eigenvalue weighted by atomic mass is 79.9. The van der Waals surface area contributed by atoms with Gasteiger partial charge in [0.25, 0.3) is 0 Å². The number of hydrogen-bond donors (Lipinski definition) is 1. The van der Waals surface area contributed by atoms with E-state index >= 15 is 0 Å². The third-order valence-electron chi connectivity index (χ3n) is 3.43. The van der Waals surface area contributed by atoms with Crippen LogP contribution in [0.1, 0.15) is 25.8 Å². The van der Waals surface area contributed by atoms with Gasteiger partial charge in [0.15, 0.2) is 0 Å². The lowest BCUT2D eigenvalue weighted by Crippen LogP contribution is -2.38. The smallest absolute Gasteiger partial charge is 0.308 e. The monoisotopic (exact) mass is 385 g/mol. The van der Waals surface area contributed by atoms with E-state index in [4.69, 9.17) is 9.84 Å². The number of benzene rings is 1. The number of amides is 1. The fourth-order valence-corrected chi connectivity index (χ4v) is 2.61. The highest BCUT2D eigenvalue weighted by molar-refractivity contribution is 9.10. The minimum absolute atomic E-state index is 0.0623. The van der Waals surface area contributed by atoms with Crippen LogP contribution >= 0.6 is 15.9 Å². The Morgan fingerprint density at radius 1 is 1.39 bits per heavy atom. The van der Waals surface area contributed by atoms with Crippen molar-refractivity contribution in [3.63, 3.8) is 0 Å². The van der Waals surface area contributed by atoms with E-state index in [-0.39, 0.29) is 18.9 Å². The van der Waals surface area contributed by atoms with Gasteiger partial charge in [-0.15, -0.1) is 0 Å². The van der Waals surface area contributed by atoms with Crippen molar-refractivity contribution in [1.82, 2.24) is 4.90 Å². The van der Waals surface area contributed by atoms with Crippen LogP contribution in [0, 0.1) is 5.92 Å². The first kappa shape index (κ1) is 19.6. The zero-order chi connectivity index (χ0) is 17.2. The summed E-state index contributed by atoms with van der Waals surface area (Å²) >= 11 is 3.39. The molecule has 1 aromatic carbocycles. The first-order chi connectivity index (χ1) is 10.9. The third-order valence-corrected chi connectivity index (χ3v) is 3.93. The van der Waals surface area contributed by atoms with Crippen LogP contribution in [0.4, 0.5) is 0 Å². The van der Waals surface area contributed by atoms with Crippen LogP contribution in [0.15, 0.2) is 28.7 Å². The molecule has 1 N–H and O–H groups in total. The summed E-state index contributed by atoms with van der Waals surface area (Å²) in [7, 11) is 0. The van der Waals surface area contributed by atoms with Crippen molar-refractivity contribution in [2.24, 2.45) is 5.92 Å². The molecule has 0 aromatic heterocycles. The average molecular weight is 386 g/mol. The quantitative estimate of drug-likeness (QED) is 0.628. The number of halogens is 1. The molecule has 0 spiro atoms. The van der Waals surface area contributed by atoms with Gasteiger partial charge in [0.05, 0.1) is 12.3 Å². The van der Waals surface area contributed by atoms with Crippen LogP contribution in [0.2, 0.25) is 0 Å². The standard InChI is InChI=1S/C17H24BrNO4/c1-3-23-9-5-8-19(12-13(2)17(21)22)16(20)11-14-6-4-7-15(18)10-14/h4,6-7,10,13H,3,5,8-9,11-12H2,1-2H3,(H,21,22). The molecule has 0 radical (unpaired) electrons. The van der Waals surface area contributed by atoms with Crippen molar-refractivity contribution in [2.75, 3.05) is 26.3 Å². The lowest BCUT2D eigenvalue weighted by Gasteiger charge is -2.24. The van der Waals surface area contributed by atoms with Crippen molar-refractivity contribution in [1.29, 1.82) is 0 Å². The summed E-state index contributed by atoms with van der Waals surface area (Å²) < 4.78 is 6.21. The molecule has 0 aliphatic rings. The zero-order valence-corrected chi connectivity index (χ0v) is 15.2. The van der Waals surface area contributed by atoms with E-state index in [1.165, 1.54) is 0 Å². The van der Waals surface area contributed by atoms with Crippen molar-refractivity contribution < 1.29 is 19.4 Å². The molecule has 0 aliphatic carbocycles. The molecule has 1 unspecified atom stereocenters. The van der Waals surface area contributed by atoms with E-state index in [2.05, 4.69) is 15.9 Å². The lowest BCUT2D eigenvalue weighted by atomic mass is 10.1. The summed E-state index contributed by atoms with van der Waals surface area (Å²) in [6.45, 7) is 5.46. The fourth-order valence-electron chi connectivity index (χ4n) is 2.16. The van der Waals surface area contributed by atoms with Gasteiger partial charge in [-0.05, 0) is 31.0 Å². The van der Waals surface area contributed by atoms with Gasteiger partial charge >= 0.3 is 5.97 Å². The first-order valence-electron chi connectivity index (χ1n) is 7.76. The molecule has 1 atom stereocenters. The first-order valence-corrected chi connectivity index (χ1v) is 8.56. The van der Waals surface area contributed by atoms with Gasteiger partial charge < -0.3 is 14.7 Å². The number of nitrogens with zero attached hydrogens (tertiary/aromatic N) is 1. The van der Waals surface area contributed by atoms with Crippen molar-refractivity contribution in [2.45, 2.75) is 26.7 Å². The van der Waals surface area contributed by atoms with Crippen LogP contribution in [0.5, 0.6) is 0 Å². The van der Waals surface area contributed by atoms with Crippen molar-refractivity contribution >= 4 is 27.8 Å². The van der Waals surface area contributed by atoms with Crippen LogP contribution < -0.4 is 0 Å². The number of carboxylic acid groups (broad SMARTS) is 1. The fraction of sp³-hybridized carbons (Fsp3) is 0.529. The Hall–Kier alpha value is -1.40. The summed E-state index contributed by atoms with van der Waals surface area (Å²) in [5.41, 5.74) is 0.905. The summed E-state index contributed by atoms with van der Waals surface area (Å²) in [6, 6.07) is 7.57. The predicted octanol–water partition coefficient (Wildman–Crippen LogP) is 2.97. The predicted molar refractivity (Wildman–Crippen MR) is 92.3 cm³/mol. The molecule has 6 heteroatoms. The molecule has 0 heterocycles. The molecule has 0 saturated carbocycles. The van der Waals surface area contributed by atoms with E-state index in [1.807, 2.05) is 31.2 Å². The molecule has 23 heavy (non-hydrogen) atoms. The largest absolute Gasteiger partial charge is 0.481 e. The highest BCUT2D eigenvalue weighted by Gasteiger charge is 2.20. The summed E-state index contributed by atoms with van der Waals surface area (Å²) in [5.74, 6) is -1.55. The maximum Gasteiger partial charge on any atom is 0.308 e. The normalized spacial score (nSPS) is 12.0. The topological polar surface area (TPSA) is 66.8 Å². The number of carbonyl (C=O) groups excluding carboxylic acids is 1. The molecule has 0 saturated heterocycles. The van der Waals surface area contributed by atoms with E-state index in [0.29, 0.717) is 26.2 Å². The van der Waals surface area contributed by atoms with E-state index in [9.17, 15) is 9.59 Å². The van der Waals surface area contributed by atoms with Crippen molar-refractivity contribution in [3.8, 4) is 0 Å². The number of rotatable bonds is 10. The van der Waals surface area contributed by atoms with E-state index < -0.39 is 11.9 Å². The minimum Gasteiger partial charge on any atom is -0.481 e. The molecule has 5 nitrogen and oxygen atoms in total. The molecule has 0 aliphatic heterocycles. The number of aliphatic carboxylic acids is 1. The molecular formula is C17H24BrNO4. The van der Waals surface area contributed by atoms with E-state index in [0.717, 1.165) is 10.0 Å². The summed E-state index contributed by atoms with van der Waals surface area (Å²) in [6.07, 6.45) is 0.963. The molecule has 1 amide bonds. The molecule has 1 aromatic rings. The SMILES string of the molecule is CCOCCCN(CC(C)C(=O)O)C(=O)Cc1cccc(Br)c1. The molecular weight excluding hydrogens is 362 g/mol. The highest BCUT2D eigenvalue weighted by Crippen LogP contribution is 2.13. The lowest BCUT2D eigenvalue weighted by molar-refractivity contribution is -0.143. The van der Waals surface area contributed by atoms with Gasteiger partial charge in [0.1, 0.15) is 0 Å². The van der Waals surface area contributed by atoms with Gasteiger partial charge in [-0.1, -0.05) is 35.0 Å². The minimum atomic E-state index is -0.893. The maximum absolute atomic E-state index is 12.5. The van der Waals surface area contributed by atoms with Gasteiger partial charge in [0, 0.05) is 30.8 Å². The van der Waals surface area contributed by atoms with Crippen LogP contribution in [-0.2, 0) is 20.7 Å². The second kappa shape index (κ2) is 10.4. The van der Waals surface area contributed by atoms with E-state index in [1.54, 1.807) is 11.8 Å². The maximum atomic E-state index is 12.5. The van der Waals surface area contributed by atoms with Crippen LogP contribution in [0.25, 0.3) is 0 Å².